The summed E-state index contributed by atoms with van der Waals surface area (Å²) in [4.78, 5) is 67.2. The standard InChI is InChI=1S/C42H38N4O7S2/c1-53-42(50)36-32-22-10-2-3-11-24-35(32)55-41(36)45-40(49)37(27-15-6-4-7-16-27)54-31-21-14-20-30(26-31)43-39(48)33(44-38(47)28-17-8-5-9-18-28)25-29-19-12-13-23-34(29)46(51)52/h4-9,12-21,23,25-26,37H,2-3,10-11,22,24H2,1H3,(H,43,48)(H,44,47)(H,45,49)/b33-25+. The molecule has 13 heteroatoms. The molecule has 0 aliphatic heterocycles. The smallest absolute Gasteiger partial charge is 0.341 e. The number of esters is 1. The van der Waals surface area contributed by atoms with Gasteiger partial charge in [-0.2, -0.15) is 0 Å². The van der Waals surface area contributed by atoms with E-state index in [9.17, 15) is 29.3 Å². The zero-order valence-corrected chi connectivity index (χ0v) is 31.5. The topological polar surface area (TPSA) is 157 Å². The molecule has 1 aromatic heterocycles. The Morgan fingerprint density at radius 3 is 2.25 bits per heavy atom. The van der Waals surface area contributed by atoms with Gasteiger partial charge in [-0.15, -0.1) is 23.1 Å². The van der Waals surface area contributed by atoms with Crippen molar-refractivity contribution in [3.05, 3.63) is 158 Å². The number of hydrogen-bond acceptors (Lipinski definition) is 9. The molecule has 0 saturated carbocycles. The van der Waals surface area contributed by atoms with Crippen LogP contribution in [-0.4, -0.2) is 35.7 Å². The summed E-state index contributed by atoms with van der Waals surface area (Å²) in [6, 6.07) is 30.3. The molecule has 1 aliphatic rings. The van der Waals surface area contributed by atoms with Gasteiger partial charge in [-0.25, -0.2) is 4.79 Å². The number of amides is 3. The van der Waals surface area contributed by atoms with E-state index in [0.717, 1.165) is 54.5 Å². The summed E-state index contributed by atoms with van der Waals surface area (Å²) in [5, 5.41) is 20.0. The van der Waals surface area contributed by atoms with Gasteiger partial charge in [0.25, 0.3) is 17.5 Å². The first-order chi connectivity index (χ1) is 26.7. The molecule has 55 heavy (non-hydrogen) atoms. The van der Waals surface area contributed by atoms with Crippen LogP contribution in [0.3, 0.4) is 0 Å². The highest BCUT2D eigenvalue weighted by Gasteiger charge is 2.29. The average molecular weight is 775 g/mol. The number of benzene rings is 4. The van der Waals surface area contributed by atoms with E-state index in [2.05, 4.69) is 16.0 Å². The number of thiophene rings is 1. The van der Waals surface area contributed by atoms with E-state index in [1.807, 2.05) is 36.4 Å². The number of hydrogen-bond donors (Lipinski definition) is 3. The van der Waals surface area contributed by atoms with Crippen molar-refractivity contribution < 1.29 is 28.8 Å². The average Bonchev–Trinajstić information content (AvgIpc) is 3.52. The first kappa shape index (κ1) is 38.7. The molecule has 11 nitrogen and oxygen atoms in total. The third-order valence-electron chi connectivity index (χ3n) is 8.95. The van der Waals surface area contributed by atoms with Gasteiger partial charge in [-0.05, 0) is 79.3 Å². The highest BCUT2D eigenvalue weighted by atomic mass is 32.2. The second kappa shape index (κ2) is 18.3. The summed E-state index contributed by atoms with van der Waals surface area (Å²) < 4.78 is 5.17. The number of fused-ring (bicyclic) bond motifs is 1. The molecule has 1 heterocycles. The Morgan fingerprint density at radius 1 is 0.836 bits per heavy atom. The molecule has 1 unspecified atom stereocenters. The van der Waals surface area contributed by atoms with Crippen molar-refractivity contribution in [2.24, 2.45) is 0 Å². The van der Waals surface area contributed by atoms with Crippen LogP contribution in [-0.2, 0) is 27.2 Å². The van der Waals surface area contributed by atoms with Gasteiger partial charge in [0.1, 0.15) is 15.9 Å². The molecular formula is C42H38N4O7S2. The number of anilines is 2. The van der Waals surface area contributed by atoms with E-state index in [1.165, 1.54) is 54.5 Å². The predicted molar refractivity (Wildman–Crippen MR) is 215 cm³/mol. The maximum Gasteiger partial charge on any atom is 0.341 e. The molecule has 0 spiro atoms. The van der Waals surface area contributed by atoms with Gasteiger partial charge < -0.3 is 20.7 Å². The van der Waals surface area contributed by atoms with Crippen molar-refractivity contribution in [3.8, 4) is 0 Å². The number of thioether (sulfide) groups is 1. The number of nitrogens with zero attached hydrogens (tertiary/aromatic N) is 1. The minimum absolute atomic E-state index is 0.125. The van der Waals surface area contributed by atoms with Gasteiger partial charge in [0, 0.05) is 27.1 Å². The van der Waals surface area contributed by atoms with Gasteiger partial charge in [0.2, 0.25) is 5.91 Å². The van der Waals surface area contributed by atoms with Gasteiger partial charge in [-0.1, -0.05) is 79.6 Å². The normalized spacial score (nSPS) is 13.3. The van der Waals surface area contributed by atoms with Crippen molar-refractivity contribution in [1.29, 1.82) is 0 Å². The highest BCUT2D eigenvalue weighted by Crippen LogP contribution is 2.41. The molecular weight excluding hydrogens is 737 g/mol. The zero-order valence-electron chi connectivity index (χ0n) is 29.9. The van der Waals surface area contributed by atoms with Crippen molar-refractivity contribution in [3.63, 3.8) is 0 Å². The van der Waals surface area contributed by atoms with Crippen molar-refractivity contribution >= 4 is 69.2 Å². The lowest BCUT2D eigenvalue weighted by atomic mass is 9.96. The molecule has 280 valence electrons. The Kier molecular flexibility index (Phi) is 12.9. The molecule has 0 saturated heterocycles. The molecule has 1 atom stereocenters. The lowest BCUT2D eigenvalue weighted by Gasteiger charge is -2.18. The van der Waals surface area contributed by atoms with Crippen LogP contribution >= 0.6 is 23.1 Å². The Bertz CT molecular complexity index is 2240. The minimum Gasteiger partial charge on any atom is -0.465 e. The number of rotatable bonds is 12. The Labute approximate surface area is 326 Å². The Hall–Kier alpha value is -6.05. The van der Waals surface area contributed by atoms with Crippen LogP contribution in [0.2, 0.25) is 0 Å². The van der Waals surface area contributed by atoms with Gasteiger partial charge in [-0.3, -0.25) is 24.5 Å². The minimum atomic E-state index is -0.749. The molecule has 0 fully saturated rings. The number of carbonyl (C=O) groups excluding carboxylic acids is 4. The van der Waals surface area contributed by atoms with E-state index < -0.39 is 28.0 Å². The summed E-state index contributed by atoms with van der Waals surface area (Å²) in [6.45, 7) is 0. The number of methoxy groups -OCH3 is 1. The van der Waals surface area contributed by atoms with E-state index in [0.29, 0.717) is 26.7 Å². The molecule has 4 aromatic carbocycles. The van der Waals surface area contributed by atoms with Gasteiger partial charge in [0.15, 0.2) is 0 Å². The summed E-state index contributed by atoms with van der Waals surface area (Å²) in [5.41, 5.74) is 2.42. The van der Waals surface area contributed by atoms with Crippen LogP contribution in [0.15, 0.2) is 120 Å². The van der Waals surface area contributed by atoms with Crippen molar-refractivity contribution in [2.75, 3.05) is 17.7 Å². The number of aryl methyl sites for hydroxylation is 1. The third kappa shape index (κ3) is 9.74. The molecule has 3 N–H and O–H groups in total. The first-order valence-electron chi connectivity index (χ1n) is 17.7. The van der Waals surface area contributed by atoms with Crippen molar-refractivity contribution in [2.45, 2.75) is 48.7 Å². The van der Waals surface area contributed by atoms with Gasteiger partial charge >= 0.3 is 5.97 Å². The van der Waals surface area contributed by atoms with Crippen LogP contribution in [0.1, 0.15) is 73.2 Å². The Morgan fingerprint density at radius 2 is 1.53 bits per heavy atom. The largest absolute Gasteiger partial charge is 0.465 e. The molecule has 5 aromatic rings. The number of nitro benzene ring substituents is 1. The summed E-state index contributed by atoms with van der Waals surface area (Å²) in [5.74, 6) is -2.10. The molecule has 0 radical (unpaired) electrons. The number of carbonyl (C=O) groups is 4. The van der Waals surface area contributed by atoms with Crippen LogP contribution in [0.25, 0.3) is 6.08 Å². The first-order valence-corrected chi connectivity index (χ1v) is 19.4. The predicted octanol–water partition coefficient (Wildman–Crippen LogP) is 8.98. The van der Waals surface area contributed by atoms with Crippen LogP contribution < -0.4 is 16.0 Å². The number of para-hydroxylation sites is 1. The van der Waals surface area contributed by atoms with E-state index in [1.54, 1.807) is 54.6 Å². The van der Waals surface area contributed by atoms with Crippen LogP contribution in [0.5, 0.6) is 0 Å². The second-order valence-corrected chi connectivity index (χ2v) is 15.0. The lowest BCUT2D eigenvalue weighted by Crippen LogP contribution is -2.30. The van der Waals surface area contributed by atoms with Crippen LogP contribution in [0.4, 0.5) is 16.4 Å². The number of nitro groups is 1. The summed E-state index contributed by atoms with van der Waals surface area (Å²) in [6.07, 6.45) is 7.02. The SMILES string of the molecule is COC(=O)c1c(NC(=O)C(Sc2cccc(NC(=O)/C(=C\c3ccccc3[N+](=O)[O-])NC(=O)c3ccccc3)c2)c2ccccc2)sc2c1CCCCCC2. The molecule has 0 bridgehead atoms. The van der Waals surface area contributed by atoms with E-state index >= 15 is 0 Å². The molecule has 1 aliphatic carbocycles. The molecule has 6 rings (SSSR count). The summed E-state index contributed by atoms with van der Waals surface area (Å²) >= 11 is 2.69. The number of nitrogens with one attached hydrogen (secondary N) is 3. The monoisotopic (exact) mass is 774 g/mol. The highest BCUT2D eigenvalue weighted by molar-refractivity contribution is 8.00. The zero-order chi connectivity index (χ0) is 38.7. The fourth-order valence-corrected chi connectivity index (χ4v) is 8.62. The fraction of sp³-hybridized carbons (Fsp3) is 0.190. The van der Waals surface area contributed by atoms with Crippen LogP contribution in [0, 0.1) is 10.1 Å². The summed E-state index contributed by atoms with van der Waals surface area (Å²) in [7, 11) is 1.34. The molecule has 3 amide bonds. The second-order valence-electron chi connectivity index (χ2n) is 12.7. The van der Waals surface area contributed by atoms with E-state index in [-0.39, 0.29) is 22.9 Å². The Balaban J connectivity index is 1.27. The maximum absolute atomic E-state index is 14.2. The quantitative estimate of drug-likeness (QED) is 0.0373. The van der Waals surface area contributed by atoms with Gasteiger partial charge in [0.05, 0.1) is 23.2 Å². The van der Waals surface area contributed by atoms with E-state index in [4.69, 9.17) is 4.74 Å². The third-order valence-corrected chi connectivity index (χ3v) is 11.4. The van der Waals surface area contributed by atoms with Crippen molar-refractivity contribution in [1.82, 2.24) is 5.32 Å². The number of ether oxygens (including phenoxy) is 1. The fourth-order valence-electron chi connectivity index (χ4n) is 6.26. The maximum atomic E-state index is 14.2. The lowest BCUT2D eigenvalue weighted by molar-refractivity contribution is -0.385.